The molecule has 1 heterocycles. The summed E-state index contributed by atoms with van der Waals surface area (Å²) in [6.07, 6.45) is 2.67. The highest BCUT2D eigenvalue weighted by atomic mass is 16.4. The largest absolute Gasteiger partial charge is 0.478 e. The minimum atomic E-state index is -0.966. The number of hydrogen-bond donors (Lipinski definition) is 2. The van der Waals surface area contributed by atoms with Crippen LogP contribution >= 0.6 is 0 Å². The van der Waals surface area contributed by atoms with Crippen LogP contribution in [0.15, 0.2) is 77.1 Å². The Morgan fingerprint density at radius 3 is 2.36 bits per heavy atom. The van der Waals surface area contributed by atoms with Crippen molar-refractivity contribution in [1.29, 1.82) is 0 Å². The maximum Gasteiger partial charge on any atom is 0.334 e. The fourth-order valence-corrected chi connectivity index (χ4v) is 4.26. The number of allylic oxidation sites excluding steroid dienone is 3. The lowest BCUT2D eigenvalue weighted by atomic mass is 9.74. The number of ketones is 1. The van der Waals surface area contributed by atoms with Gasteiger partial charge in [0.2, 0.25) is 0 Å². The number of Topliss-reactive ketones (excluding diaryl/α,β-unsaturated/α-hetero) is 1. The minimum Gasteiger partial charge on any atom is -0.478 e. The molecule has 28 heavy (non-hydrogen) atoms. The quantitative estimate of drug-likeness (QED) is 0.808. The Labute approximate surface area is 164 Å². The average Bonchev–Trinajstić information content (AvgIpc) is 2.73. The maximum atomic E-state index is 12.8. The molecule has 2 aromatic rings. The molecule has 0 amide bonds. The predicted molar refractivity (Wildman–Crippen MR) is 109 cm³/mol. The van der Waals surface area contributed by atoms with Crippen molar-refractivity contribution in [2.75, 3.05) is 0 Å². The number of nitrogens with one attached hydrogen (secondary N) is 1. The third kappa shape index (κ3) is 3.15. The van der Waals surface area contributed by atoms with Crippen LogP contribution in [0, 0.1) is 0 Å². The predicted octanol–water partition coefficient (Wildman–Crippen LogP) is 4.80. The summed E-state index contributed by atoms with van der Waals surface area (Å²) in [7, 11) is 0. The number of aliphatic carboxylic acids is 1. The molecule has 4 nitrogen and oxygen atoms in total. The van der Waals surface area contributed by atoms with Crippen LogP contribution < -0.4 is 5.32 Å². The lowest BCUT2D eigenvalue weighted by Crippen LogP contribution is -2.34. The molecule has 0 saturated carbocycles. The summed E-state index contributed by atoms with van der Waals surface area (Å²) in [4.78, 5) is 24.9. The van der Waals surface area contributed by atoms with Gasteiger partial charge in [0.15, 0.2) is 5.78 Å². The SMILES string of the molecule is CCC1=C(C(=O)O)C(c2ccc(-c3ccccc3)cc2)C2=C(CCCC2=O)N1. The fourth-order valence-electron chi connectivity index (χ4n) is 4.26. The van der Waals surface area contributed by atoms with E-state index in [1.165, 1.54) is 0 Å². The zero-order chi connectivity index (χ0) is 19.7. The minimum absolute atomic E-state index is 0.0554. The summed E-state index contributed by atoms with van der Waals surface area (Å²) < 4.78 is 0. The highest BCUT2D eigenvalue weighted by Gasteiger charge is 2.38. The molecule has 4 rings (SSSR count). The molecule has 142 valence electrons. The average molecular weight is 373 g/mol. The number of carbonyl (C=O) groups is 2. The number of rotatable bonds is 4. The number of carboxylic acids is 1. The van der Waals surface area contributed by atoms with Gasteiger partial charge in [-0.05, 0) is 36.0 Å². The van der Waals surface area contributed by atoms with Crippen LogP contribution in [0.5, 0.6) is 0 Å². The second-order valence-corrected chi connectivity index (χ2v) is 7.27. The van der Waals surface area contributed by atoms with Crippen LogP contribution in [0.2, 0.25) is 0 Å². The van der Waals surface area contributed by atoms with Crippen molar-refractivity contribution in [2.24, 2.45) is 0 Å². The summed E-state index contributed by atoms with van der Waals surface area (Å²) in [6, 6.07) is 18.0. The number of dihydropyridines is 1. The highest BCUT2D eigenvalue weighted by Crippen LogP contribution is 2.43. The summed E-state index contributed by atoms with van der Waals surface area (Å²) >= 11 is 0. The zero-order valence-corrected chi connectivity index (χ0v) is 15.9. The molecule has 1 atom stereocenters. The fraction of sp³-hybridized carbons (Fsp3) is 0.250. The second kappa shape index (κ2) is 7.47. The normalized spacial score (nSPS) is 19.3. The van der Waals surface area contributed by atoms with Gasteiger partial charge in [-0.2, -0.15) is 0 Å². The first-order valence-electron chi connectivity index (χ1n) is 9.75. The zero-order valence-electron chi connectivity index (χ0n) is 15.9. The number of carbonyl (C=O) groups excluding carboxylic acids is 1. The van der Waals surface area contributed by atoms with E-state index in [1.54, 1.807) is 0 Å². The van der Waals surface area contributed by atoms with Gasteiger partial charge in [-0.15, -0.1) is 0 Å². The van der Waals surface area contributed by atoms with E-state index in [0.717, 1.165) is 35.2 Å². The van der Waals surface area contributed by atoms with Crippen molar-refractivity contribution in [3.05, 3.63) is 82.7 Å². The van der Waals surface area contributed by atoms with Crippen LogP contribution in [0.25, 0.3) is 11.1 Å². The molecule has 1 aliphatic carbocycles. The van der Waals surface area contributed by atoms with Crippen molar-refractivity contribution >= 4 is 11.8 Å². The van der Waals surface area contributed by atoms with Crippen molar-refractivity contribution in [3.8, 4) is 11.1 Å². The van der Waals surface area contributed by atoms with Gasteiger partial charge >= 0.3 is 5.97 Å². The van der Waals surface area contributed by atoms with Crippen molar-refractivity contribution in [2.45, 2.75) is 38.5 Å². The van der Waals surface area contributed by atoms with Gasteiger partial charge in [0.1, 0.15) is 0 Å². The molecular formula is C24H23NO3. The van der Waals surface area contributed by atoms with Gasteiger partial charge in [-0.25, -0.2) is 4.79 Å². The van der Waals surface area contributed by atoms with Crippen molar-refractivity contribution in [1.82, 2.24) is 5.32 Å². The summed E-state index contributed by atoms with van der Waals surface area (Å²) in [5, 5.41) is 13.2. The standard InChI is InChI=1S/C24H23NO3/c1-2-18-23(24(27)28)21(22-19(25-18)9-6-10-20(22)26)17-13-11-16(12-14-17)15-7-4-3-5-8-15/h3-5,7-8,11-14,21,25H,2,6,9-10H2,1H3,(H,27,28). The number of benzene rings is 2. The van der Waals surface area contributed by atoms with E-state index in [2.05, 4.69) is 5.32 Å². The first-order chi connectivity index (χ1) is 13.6. The van der Waals surface area contributed by atoms with E-state index in [1.807, 2.05) is 61.5 Å². The highest BCUT2D eigenvalue weighted by molar-refractivity contribution is 6.03. The Hall–Kier alpha value is -3.14. The van der Waals surface area contributed by atoms with Crippen molar-refractivity contribution in [3.63, 3.8) is 0 Å². The summed E-state index contributed by atoms with van der Waals surface area (Å²) in [5.41, 5.74) is 5.56. The Morgan fingerprint density at radius 1 is 1.04 bits per heavy atom. The van der Waals surface area contributed by atoms with Gasteiger partial charge in [0.25, 0.3) is 0 Å². The number of carboxylic acid groups (broad SMARTS) is 1. The Balaban J connectivity index is 1.82. The molecule has 0 saturated heterocycles. The summed E-state index contributed by atoms with van der Waals surface area (Å²) in [6.45, 7) is 1.94. The Kier molecular flexibility index (Phi) is 4.86. The smallest absolute Gasteiger partial charge is 0.334 e. The lowest BCUT2D eigenvalue weighted by molar-refractivity contribution is -0.133. The number of hydrogen-bond acceptors (Lipinski definition) is 3. The molecule has 1 aliphatic heterocycles. The first-order valence-corrected chi connectivity index (χ1v) is 9.75. The van der Waals surface area contributed by atoms with Crippen LogP contribution in [-0.4, -0.2) is 16.9 Å². The van der Waals surface area contributed by atoms with Gasteiger partial charge in [0.05, 0.1) is 5.57 Å². The Morgan fingerprint density at radius 2 is 1.71 bits per heavy atom. The second-order valence-electron chi connectivity index (χ2n) is 7.27. The molecule has 0 bridgehead atoms. The van der Waals surface area contributed by atoms with Gasteiger partial charge in [-0.1, -0.05) is 61.5 Å². The van der Waals surface area contributed by atoms with E-state index in [-0.39, 0.29) is 5.78 Å². The first kappa shape index (κ1) is 18.2. The van der Waals surface area contributed by atoms with Crippen molar-refractivity contribution < 1.29 is 14.7 Å². The Bertz CT molecular complexity index is 972. The van der Waals surface area contributed by atoms with Crippen LogP contribution in [0.1, 0.15) is 44.1 Å². The van der Waals surface area contributed by atoms with E-state index >= 15 is 0 Å². The van der Waals surface area contributed by atoms with Crippen LogP contribution in [0.4, 0.5) is 0 Å². The van der Waals surface area contributed by atoms with Gasteiger partial charge in [0, 0.05) is 29.3 Å². The van der Waals surface area contributed by atoms with Crippen LogP contribution in [0.3, 0.4) is 0 Å². The molecule has 0 fully saturated rings. The maximum absolute atomic E-state index is 12.8. The van der Waals surface area contributed by atoms with Gasteiger partial charge < -0.3 is 10.4 Å². The molecule has 2 aromatic carbocycles. The van der Waals surface area contributed by atoms with E-state index in [9.17, 15) is 14.7 Å². The molecular weight excluding hydrogens is 350 g/mol. The molecule has 0 spiro atoms. The molecule has 2 N–H and O–H groups in total. The lowest BCUT2D eigenvalue weighted by Gasteiger charge is -2.34. The van der Waals surface area contributed by atoms with Crippen LogP contribution in [-0.2, 0) is 9.59 Å². The topological polar surface area (TPSA) is 66.4 Å². The van der Waals surface area contributed by atoms with Gasteiger partial charge in [-0.3, -0.25) is 4.79 Å². The molecule has 0 aromatic heterocycles. The molecule has 2 aliphatic rings. The van der Waals surface area contributed by atoms with E-state index in [4.69, 9.17) is 0 Å². The molecule has 0 radical (unpaired) electrons. The molecule has 1 unspecified atom stereocenters. The monoisotopic (exact) mass is 373 g/mol. The third-order valence-corrected chi connectivity index (χ3v) is 5.60. The summed E-state index contributed by atoms with van der Waals surface area (Å²) in [5.74, 6) is -1.42. The molecule has 4 heteroatoms. The van der Waals surface area contributed by atoms with E-state index < -0.39 is 11.9 Å². The van der Waals surface area contributed by atoms with E-state index in [0.29, 0.717) is 29.7 Å². The third-order valence-electron chi connectivity index (χ3n) is 5.60.